The molecule has 0 atom stereocenters. The van der Waals surface area contributed by atoms with Gasteiger partial charge >= 0.3 is 0 Å². The van der Waals surface area contributed by atoms with Crippen LogP contribution in [0.4, 0.5) is 8.78 Å². The van der Waals surface area contributed by atoms with Gasteiger partial charge in [0.05, 0.1) is 6.61 Å². The van der Waals surface area contributed by atoms with Gasteiger partial charge in [0.1, 0.15) is 6.61 Å². The van der Waals surface area contributed by atoms with E-state index in [0.29, 0.717) is 13.2 Å². The van der Waals surface area contributed by atoms with E-state index in [2.05, 4.69) is 5.32 Å². The second kappa shape index (κ2) is 6.55. The van der Waals surface area contributed by atoms with Gasteiger partial charge < -0.3 is 10.1 Å². The van der Waals surface area contributed by atoms with E-state index in [1.54, 1.807) is 18.2 Å². The predicted octanol–water partition coefficient (Wildman–Crippen LogP) is 2.40. The molecule has 0 saturated heterocycles. The highest BCUT2D eigenvalue weighted by atomic mass is 19.3. The maximum atomic E-state index is 13.5. The fourth-order valence-corrected chi connectivity index (χ4v) is 1.29. The van der Waals surface area contributed by atoms with Gasteiger partial charge in [0, 0.05) is 12.1 Å². The standard InChI is InChI=1S/C12H17F2NO/c1-2-15-8-9-16-10-12(13,14)11-6-4-3-5-7-11/h3-7,15H,2,8-10H2,1H3. The van der Waals surface area contributed by atoms with Gasteiger partial charge in [-0.3, -0.25) is 0 Å². The average molecular weight is 229 g/mol. The minimum Gasteiger partial charge on any atom is -0.373 e. The minimum absolute atomic E-state index is 0.00143. The SMILES string of the molecule is CCNCCOCC(F)(F)c1ccccc1. The van der Waals surface area contributed by atoms with Crippen LogP contribution in [0.2, 0.25) is 0 Å². The third kappa shape index (κ3) is 4.24. The number of hydrogen-bond donors (Lipinski definition) is 1. The van der Waals surface area contributed by atoms with E-state index in [9.17, 15) is 8.78 Å². The Hall–Kier alpha value is -1.00. The first-order valence-electron chi connectivity index (χ1n) is 5.38. The van der Waals surface area contributed by atoms with E-state index in [1.165, 1.54) is 12.1 Å². The van der Waals surface area contributed by atoms with Crippen molar-refractivity contribution in [3.63, 3.8) is 0 Å². The molecule has 2 nitrogen and oxygen atoms in total. The van der Waals surface area contributed by atoms with Crippen molar-refractivity contribution < 1.29 is 13.5 Å². The van der Waals surface area contributed by atoms with Crippen LogP contribution in [0.1, 0.15) is 12.5 Å². The number of benzene rings is 1. The first kappa shape index (κ1) is 13.1. The summed E-state index contributed by atoms with van der Waals surface area (Å²) in [5, 5.41) is 3.00. The van der Waals surface area contributed by atoms with Crippen LogP contribution in [0.5, 0.6) is 0 Å². The van der Waals surface area contributed by atoms with Crippen molar-refractivity contribution in [1.82, 2.24) is 5.32 Å². The summed E-state index contributed by atoms with van der Waals surface area (Å²) >= 11 is 0. The lowest BCUT2D eigenvalue weighted by Gasteiger charge is -2.16. The number of nitrogens with one attached hydrogen (secondary N) is 1. The maximum Gasteiger partial charge on any atom is 0.296 e. The van der Waals surface area contributed by atoms with Gasteiger partial charge in [-0.05, 0) is 6.54 Å². The van der Waals surface area contributed by atoms with E-state index < -0.39 is 12.5 Å². The van der Waals surface area contributed by atoms with Crippen molar-refractivity contribution in [1.29, 1.82) is 0 Å². The highest BCUT2D eigenvalue weighted by molar-refractivity contribution is 5.19. The third-order valence-corrected chi connectivity index (χ3v) is 2.15. The summed E-state index contributed by atoms with van der Waals surface area (Å²) in [4.78, 5) is 0. The van der Waals surface area contributed by atoms with Crippen LogP contribution in [-0.2, 0) is 10.7 Å². The van der Waals surface area contributed by atoms with Crippen LogP contribution >= 0.6 is 0 Å². The largest absolute Gasteiger partial charge is 0.373 e. The van der Waals surface area contributed by atoms with Crippen LogP contribution in [-0.4, -0.2) is 26.3 Å². The van der Waals surface area contributed by atoms with Gasteiger partial charge in [-0.15, -0.1) is 0 Å². The lowest BCUT2D eigenvalue weighted by atomic mass is 10.1. The Labute approximate surface area is 94.6 Å². The number of likely N-dealkylation sites (N-methyl/N-ethyl adjacent to an activating group) is 1. The summed E-state index contributed by atoms with van der Waals surface area (Å²) in [6.45, 7) is 3.11. The third-order valence-electron chi connectivity index (χ3n) is 2.15. The number of halogens is 2. The lowest BCUT2D eigenvalue weighted by molar-refractivity contribution is -0.0817. The van der Waals surface area contributed by atoms with Crippen LogP contribution in [0.15, 0.2) is 30.3 Å². The molecule has 90 valence electrons. The number of hydrogen-bond acceptors (Lipinski definition) is 2. The van der Waals surface area contributed by atoms with Crippen LogP contribution in [0.25, 0.3) is 0 Å². The Morgan fingerprint density at radius 1 is 1.25 bits per heavy atom. The van der Waals surface area contributed by atoms with Crippen molar-refractivity contribution in [3.8, 4) is 0 Å². The summed E-state index contributed by atoms with van der Waals surface area (Å²) in [7, 11) is 0. The average Bonchev–Trinajstić information content (AvgIpc) is 2.30. The maximum absolute atomic E-state index is 13.5. The molecule has 1 aromatic carbocycles. The van der Waals surface area contributed by atoms with Crippen molar-refractivity contribution in [2.75, 3.05) is 26.3 Å². The van der Waals surface area contributed by atoms with Crippen molar-refractivity contribution in [2.45, 2.75) is 12.8 Å². The predicted molar refractivity (Wildman–Crippen MR) is 59.7 cm³/mol. The molecule has 4 heteroatoms. The van der Waals surface area contributed by atoms with Crippen LogP contribution in [0, 0.1) is 0 Å². The van der Waals surface area contributed by atoms with Gasteiger partial charge in [0.15, 0.2) is 0 Å². The van der Waals surface area contributed by atoms with E-state index in [1.807, 2.05) is 6.92 Å². The Morgan fingerprint density at radius 2 is 1.94 bits per heavy atom. The molecule has 0 heterocycles. The Kier molecular flexibility index (Phi) is 5.35. The summed E-state index contributed by atoms with van der Waals surface area (Å²) in [6, 6.07) is 7.73. The molecule has 16 heavy (non-hydrogen) atoms. The molecule has 0 aromatic heterocycles. The number of alkyl halides is 2. The quantitative estimate of drug-likeness (QED) is 0.725. The fraction of sp³-hybridized carbons (Fsp3) is 0.500. The van der Waals surface area contributed by atoms with Crippen molar-refractivity contribution in [2.24, 2.45) is 0 Å². The van der Waals surface area contributed by atoms with Crippen molar-refractivity contribution >= 4 is 0 Å². The molecule has 1 aromatic rings. The molecule has 0 aliphatic carbocycles. The smallest absolute Gasteiger partial charge is 0.296 e. The molecule has 0 bridgehead atoms. The fourth-order valence-electron chi connectivity index (χ4n) is 1.29. The molecule has 0 unspecified atom stereocenters. The first-order valence-corrected chi connectivity index (χ1v) is 5.38. The zero-order chi connectivity index (χ0) is 11.9. The molecule has 0 saturated carbocycles. The van der Waals surface area contributed by atoms with Gasteiger partial charge in [0.25, 0.3) is 5.92 Å². The van der Waals surface area contributed by atoms with E-state index in [-0.39, 0.29) is 5.56 Å². The van der Waals surface area contributed by atoms with Gasteiger partial charge in [-0.2, -0.15) is 8.78 Å². The van der Waals surface area contributed by atoms with Crippen LogP contribution in [0.3, 0.4) is 0 Å². The summed E-state index contributed by atoms with van der Waals surface area (Å²) in [6.07, 6.45) is 0. The van der Waals surface area contributed by atoms with E-state index in [4.69, 9.17) is 4.74 Å². The van der Waals surface area contributed by atoms with E-state index >= 15 is 0 Å². The Bertz CT molecular complexity index is 290. The van der Waals surface area contributed by atoms with Gasteiger partial charge in [0.2, 0.25) is 0 Å². The molecule has 0 radical (unpaired) electrons. The van der Waals surface area contributed by atoms with E-state index in [0.717, 1.165) is 6.54 Å². The second-order valence-electron chi connectivity index (χ2n) is 3.48. The molecule has 0 aliphatic rings. The monoisotopic (exact) mass is 229 g/mol. The molecular weight excluding hydrogens is 212 g/mol. The number of rotatable bonds is 7. The second-order valence-corrected chi connectivity index (χ2v) is 3.48. The molecule has 0 fully saturated rings. The molecular formula is C12H17F2NO. The summed E-state index contributed by atoms with van der Waals surface area (Å²) in [5.74, 6) is -2.91. The summed E-state index contributed by atoms with van der Waals surface area (Å²) < 4.78 is 32.0. The molecule has 0 aliphatic heterocycles. The first-order chi connectivity index (χ1) is 7.67. The Morgan fingerprint density at radius 3 is 2.56 bits per heavy atom. The highest BCUT2D eigenvalue weighted by Crippen LogP contribution is 2.27. The van der Waals surface area contributed by atoms with Gasteiger partial charge in [-0.25, -0.2) is 0 Å². The van der Waals surface area contributed by atoms with Crippen LogP contribution < -0.4 is 5.32 Å². The lowest BCUT2D eigenvalue weighted by Crippen LogP contribution is -2.25. The van der Waals surface area contributed by atoms with Gasteiger partial charge in [-0.1, -0.05) is 37.3 Å². The molecule has 1 rings (SSSR count). The minimum atomic E-state index is -2.91. The highest BCUT2D eigenvalue weighted by Gasteiger charge is 2.31. The molecule has 0 spiro atoms. The normalized spacial score (nSPS) is 11.7. The zero-order valence-electron chi connectivity index (χ0n) is 9.38. The molecule has 1 N–H and O–H groups in total. The Balaban J connectivity index is 2.35. The zero-order valence-corrected chi connectivity index (χ0v) is 9.38. The van der Waals surface area contributed by atoms with Crippen molar-refractivity contribution in [3.05, 3.63) is 35.9 Å². The topological polar surface area (TPSA) is 21.3 Å². The number of ether oxygens (including phenoxy) is 1. The summed E-state index contributed by atoms with van der Waals surface area (Å²) in [5.41, 5.74) is -0.00143. The molecule has 0 amide bonds.